The van der Waals surface area contributed by atoms with E-state index in [1.165, 1.54) is 0 Å². The van der Waals surface area contributed by atoms with Crippen LogP contribution in [0.3, 0.4) is 0 Å². The third-order valence-electron chi connectivity index (χ3n) is 4.68. The van der Waals surface area contributed by atoms with Crippen LogP contribution in [0.25, 0.3) is 22.4 Å². The molecule has 2 aromatic carbocycles. The number of fused-ring (bicyclic) bond motifs is 1. The van der Waals surface area contributed by atoms with Gasteiger partial charge in [-0.2, -0.15) is 5.10 Å². The van der Waals surface area contributed by atoms with Crippen molar-refractivity contribution in [3.63, 3.8) is 0 Å². The van der Waals surface area contributed by atoms with E-state index in [0.29, 0.717) is 47.6 Å². The van der Waals surface area contributed by atoms with Crippen LogP contribution in [0.15, 0.2) is 54.7 Å². The highest BCUT2D eigenvalue weighted by Crippen LogP contribution is 2.25. The molecular weight excluding hydrogens is 416 g/mol. The summed E-state index contributed by atoms with van der Waals surface area (Å²) in [4.78, 5) is 21.2. The van der Waals surface area contributed by atoms with Gasteiger partial charge in [0.2, 0.25) is 0 Å². The summed E-state index contributed by atoms with van der Waals surface area (Å²) in [5.41, 5.74) is 8.85. The molecule has 9 heteroatoms. The lowest BCUT2D eigenvalue weighted by atomic mass is 10.1. The van der Waals surface area contributed by atoms with Crippen molar-refractivity contribution in [2.24, 2.45) is 5.73 Å². The van der Waals surface area contributed by atoms with Crippen molar-refractivity contribution < 1.29 is 9.53 Å². The lowest BCUT2D eigenvalue weighted by molar-refractivity contribution is 0.0955. The number of aromatic nitrogens is 4. The van der Waals surface area contributed by atoms with Crippen molar-refractivity contribution in [1.29, 1.82) is 0 Å². The van der Waals surface area contributed by atoms with Gasteiger partial charge in [0.25, 0.3) is 5.91 Å². The van der Waals surface area contributed by atoms with Gasteiger partial charge in [0, 0.05) is 24.2 Å². The number of methoxy groups -OCH3 is 1. The number of hydrogen-bond donors (Lipinski definition) is 2. The molecule has 8 nitrogen and oxygen atoms in total. The minimum Gasteiger partial charge on any atom is -0.497 e. The maximum Gasteiger partial charge on any atom is 0.251 e. The zero-order chi connectivity index (χ0) is 21.8. The standard InChI is InChI=1S/C22H21ClN6O2/c1-31-17-7-5-14(6-8-17)12-29-13-18-19(28-29)20(23)27-21(26-18)15-3-2-4-16(11-15)22(30)25-10-9-24/h2-8,11,13H,9-10,12,24H2,1H3,(H,25,30). The van der Waals surface area contributed by atoms with E-state index in [1.54, 1.807) is 30.0 Å². The minimum absolute atomic E-state index is 0.202. The highest BCUT2D eigenvalue weighted by Gasteiger charge is 2.14. The molecule has 158 valence electrons. The molecule has 4 aromatic rings. The zero-order valence-corrected chi connectivity index (χ0v) is 17.6. The molecule has 2 heterocycles. The van der Waals surface area contributed by atoms with Crippen LogP contribution < -0.4 is 15.8 Å². The third kappa shape index (κ3) is 4.65. The van der Waals surface area contributed by atoms with Gasteiger partial charge in [-0.05, 0) is 29.8 Å². The number of nitrogens with zero attached hydrogens (tertiary/aromatic N) is 4. The highest BCUT2D eigenvalue weighted by atomic mass is 35.5. The summed E-state index contributed by atoms with van der Waals surface area (Å²) in [6, 6.07) is 14.8. The quantitative estimate of drug-likeness (QED) is 0.431. The number of amides is 1. The van der Waals surface area contributed by atoms with Gasteiger partial charge in [-0.15, -0.1) is 0 Å². The van der Waals surface area contributed by atoms with E-state index >= 15 is 0 Å². The van der Waals surface area contributed by atoms with Crippen LogP contribution in [-0.4, -0.2) is 45.9 Å². The molecule has 0 bridgehead atoms. The van der Waals surface area contributed by atoms with Crippen LogP contribution in [0.5, 0.6) is 5.75 Å². The molecule has 0 saturated heterocycles. The van der Waals surface area contributed by atoms with Gasteiger partial charge in [-0.3, -0.25) is 9.48 Å². The van der Waals surface area contributed by atoms with Crippen molar-refractivity contribution >= 4 is 28.5 Å². The summed E-state index contributed by atoms with van der Waals surface area (Å²) < 4.78 is 6.96. The normalized spacial score (nSPS) is 10.9. The van der Waals surface area contributed by atoms with E-state index in [0.717, 1.165) is 11.3 Å². The van der Waals surface area contributed by atoms with Gasteiger partial charge in [-0.25, -0.2) is 9.97 Å². The number of carbonyl (C=O) groups is 1. The molecule has 0 atom stereocenters. The van der Waals surface area contributed by atoms with Crippen LogP contribution in [0, 0.1) is 0 Å². The molecule has 0 fully saturated rings. The summed E-state index contributed by atoms with van der Waals surface area (Å²) in [6.45, 7) is 1.34. The van der Waals surface area contributed by atoms with Gasteiger partial charge in [-0.1, -0.05) is 35.9 Å². The summed E-state index contributed by atoms with van der Waals surface area (Å²) in [7, 11) is 1.63. The Morgan fingerprint density at radius 3 is 2.74 bits per heavy atom. The Kier molecular flexibility index (Phi) is 6.11. The van der Waals surface area contributed by atoms with Gasteiger partial charge in [0.05, 0.1) is 19.9 Å². The molecule has 0 unspecified atom stereocenters. The molecule has 3 N–H and O–H groups in total. The number of carbonyl (C=O) groups excluding carboxylic acids is 1. The van der Waals surface area contributed by atoms with E-state index in [4.69, 9.17) is 22.1 Å². The second kappa shape index (κ2) is 9.11. The van der Waals surface area contributed by atoms with Crippen molar-refractivity contribution in [2.75, 3.05) is 20.2 Å². The third-order valence-corrected chi connectivity index (χ3v) is 4.95. The van der Waals surface area contributed by atoms with Crippen LogP contribution in [0.4, 0.5) is 0 Å². The Morgan fingerprint density at radius 2 is 2.00 bits per heavy atom. The number of hydrogen-bond acceptors (Lipinski definition) is 6. The number of ether oxygens (including phenoxy) is 1. The van der Waals surface area contributed by atoms with Gasteiger partial charge < -0.3 is 15.8 Å². The second-order valence-electron chi connectivity index (χ2n) is 6.87. The Hall–Kier alpha value is -3.49. The number of benzene rings is 2. The Balaban J connectivity index is 1.62. The van der Waals surface area contributed by atoms with Gasteiger partial charge in [0.15, 0.2) is 11.0 Å². The average Bonchev–Trinajstić information content (AvgIpc) is 3.21. The Labute approximate surface area is 184 Å². The molecule has 1 amide bonds. The monoisotopic (exact) mass is 436 g/mol. The molecule has 0 aliphatic rings. The molecule has 0 aliphatic heterocycles. The molecule has 0 radical (unpaired) electrons. The zero-order valence-electron chi connectivity index (χ0n) is 16.9. The Morgan fingerprint density at radius 1 is 1.19 bits per heavy atom. The van der Waals surface area contributed by atoms with Crippen LogP contribution in [-0.2, 0) is 6.54 Å². The van der Waals surface area contributed by atoms with Crippen molar-refractivity contribution in [3.8, 4) is 17.1 Å². The SMILES string of the molecule is COc1ccc(Cn2cc3nc(-c4cccc(C(=O)NCCN)c4)nc(Cl)c3n2)cc1. The van der Waals surface area contributed by atoms with Gasteiger partial charge in [0.1, 0.15) is 16.8 Å². The van der Waals surface area contributed by atoms with E-state index in [2.05, 4.69) is 20.4 Å². The van der Waals surface area contributed by atoms with Crippen molar-refractivity contribution in [2.45, 2.75) is 6.54 Å². The smallest absolute Gasteiger partial charge is 0.251 e. The summed E-state index contributed by atoms with van der Waals surface area (Å²) in [5, 5.41) is 7.52. The Bertz CT molecular complexity index is 1220. The summed E-state index contributed by atoms with van der Waals surface area (Å²) >= 11 is 6.40. The maximum atomic E-state index is 12.2. The maximum absolute atomic E-state index is 12.2. The van der Waals surface area contributed by atoms with Crippen LogP contribution in [0.2, 0.25) is 5.15 Å². The lowest BCUT2D eigenvalue weighted by Gasteiger charge is -2.06. The van der Waals surface area contributed by atoms with Crippen molar-refractivity contribution in [3.05, 3.63) is 71.0 Å². The van der Waals surface area contributed by atoms with E-state index < -0.39 is 0 Å². The van der Waals surface area contributed by atoms with Crippen LogP contribution in [0.1, 0.15) is 15.9 Å². The largest absolute Gasteiger partial charge is 0.497 e. The van der Waals surface area contributed by atoms with E-state index in [-0.39, 0.29) is 11.1 Å². The molecular formula is C22H21ClN6O2. The summed E-state index contributed by atoms with van der Waals surface area (Å²) in [5.74, 6) is 1.02. The molecule has 31 heavy (non-hydrogen) atoms. The highest BCUT2D eigenvalue weighted by molar-refractivity contribution is 6.33. The predicted octanol–water partition coefficient (Wildman–Crippen LogP) is 2.89. The number of halogens is 1. The van der Waals surface area contributed by atoms with Gasteiger partial charge >= 0.3 is 0 Å². The van der Waals surface area contributed by atoms with Crippen LogP contribution >= 0.6 is 11.6 Å². The fraction of sp³-hybridized carbons (Fsp3) is 0.182. The van der Waals surface area contributed by atoms with E-state index in [1.807, 2.05) is 36.5 Å². The first-order chi connectivity index (χ1) is 15.1. The number of rotatable bonds is 7. The fourth-order valence-corrected chi connectivity index (χ4v) is 3.35. The second-order valence-corrected chi connectivity index (χ2v) is 7.23. The first kappa shape index (κ1) is 20.8. The number of nitrogens with one attached hydrogen (secondary N) is 1. The predicted molar refractivity (Wildman–Crippen MR) is 119 cm³/mol. The molecule has 4 rings (SSSR count). The summed E-state index contributed by atoms with van der Waals surface area (Å²) in [6.07, 6.45) is 1.83. The first-order valence-corrected chi connectivity index (χ1v) is 10.1. The molecule has 0 spiro atoms. The number of nitrogens with two attached hydrogens (primary N) is 1. The fourth-order valence-electron chi connectivity index (χ4n) is 3.14. The van der Waals surface area contributed by atoms with E-state index in [9.17, 15) is 4.79 Å². The molecule has 0 saturated carbocycles. The molecule has 2 aromatic heterocycles. The first-order valence-electron chi connectivity index (χ1n) is 9.69. The molecule has 0 aliphatic carbocycles. The lowest BCUT2D eigenvalue weighted by Crippen LogP contribution is -2.28. The minimum atomic E-state index is -0.202. The topological polar surface area (TPSA) is 108 Å². The average molecular weight is 437 g/mol. The van der Waals surface area contributed by atoms with Crippen molar-refractivity contribution in [1.82, 2.24) is 25.1 Å².